The van der Waals surface area contributed by atoms with Gasteiger partial charge in [0.1, 0.15) is 22.8 Å². The molecule has 5 atom stereocenters. The molecule has 0 spiro atoms. The third-order valence-electron chi connectivity index (χ3n) is 5.50. The largest absolute Gasteiger partial charge is 0.490 e. The molecule has 26 heavy (non-hydrogen) atoms. The molecule has 4 rings (SSSR count). The van der Waals surface area contributed by atoms with E-state index in [-0.39, 0.29) is 16.8 Å². The van der Waals surface area contributed by atoms with Gasteiger partial charge in [0.25, 0.3) is 0 Å². The molecule has 1 aromatic rings. The Morgan fingerprint density at radius 1 is 1.31 bits per heavy atom. The summed E-state index contributed by atoms with van der Waals surface area (Å²) >= 11 is 3.58. The van der Waals surface area contributed by atoms with E-state index in [1.807, 2.05) is 26.8 Å². The van der Waals surface area contributed by atoms with Gasteiger partial charge in [-0.05, 0) is 58.2 Å². The summed E-state index contributed by atoms with van der Waals surface area (Å²) in [7, 11) is -1.21. The average molecular weight is 440 g/mol. The highest BCUT2D eigenvalue weighted by molar-refractivity contribution is 9.10. The van der Waals surface area contributed by atoms with E-state index in [1.54, 1.807) is 0 Å². The van der Waals surface area contributed by atoms with E-state index in [0.717, 1.165) is 48.4 Å². The van der Waals surface area contributed by atoms with Crippen molar-refractivity contribution in [2.45, 2.75) is 56.8 Å². The van der Waals surface area contributed by atoms with Crippen molar-refractivity contribution in [1.29, 1.82) is 0 Å². The molecule has 0 radical (unpaired) electrons. The molecule has 0 amide bonds. The lowest BCUT2D eigenvalue weighted by molar-refractivity contribution is -0.00182. The van der Waals surface area contributed by atoms with Gasteiger partial charge >= 0.3 is 0 Å². The highest BCUT2D eigenvalue weighted by Gasteiger charge is 2.53. The second-order valence-electron chi connectivity index (χ2n) is 8.51. The topological polar surface area (TPSA) is 47.9 Å². The van der Waals surface area contributed by atoms with Crippen molar-refractivity contribution in [2.24, 2.45) is 16.2 Å². The van der Waals surface area contributed by atoms with Crippen LogP contribution in [0, 0.1) is 11.8 Å². The minimum atomic E-state index is -1.21. The maximum absolute atomic E-state index is 12.6. The molecule has 142 valence electrons. The molecule has 2 aliphatic heterocycles. The van der Waals surface area contributed by atoms with Crippen LogP contribution < -0.4 is 4.74 Å². The van der Waals surface area contributed by atoms with E-state index >= 15 is 0 Å². The average Bonchev–Trinajstić information content (AvgIpc) is 3.30. The second-order valence-corrected chi connectivity index (χ2v) is 11.3. The van der Waals surface area contributed by atoms with Crippen molar-refractivity contribution in [3.63, 3.8) is 0 Å². The molecule has 0 bridgehead atoms. The third-order valence-corrected chi connectivity index (χ3v) is 7.41. The Morgan fingerprint density at radius 3 is 2.81 bits per heavy atom. The van der Waals surface area contributed by atoms with Gasteiger partial charge < -0.3 is 9.47 Å². The first kappa shape index (κ1) is 18.6. The van der Waals surface area contributed by atoms with Gasteiger partial charge in [-0.25, -0.2) is 4.21 Å². The van der Waals surface area contributed by atoms with Crippen molar-refractivity contribution in [3.8, 4) is 5.75 Å². The molecule has 3 aliphatic rings. The van der Waals surface area contributed by atoms with E-state index in [9.17, 15) is 4.21 Å². The number of halogens is 1. The molecule has 2 fully saturated rings. The van der Waals surface area contributed by atoms with Gasteiger partial charge in [0.05, 0.1) is 11.4 Å². The monoisotopic (exact) mass is 439 g/mol. The first-order chi connectivity index (χ1) is 12.3. The summed E-state index contributed by atoms with van der Waals surface area (Å²) in [5.74, 6) is 1.95. The summed E-state index contributed by atoms with van der Waals surface area (Å²) in [6, 6.07) is 6.21. The molecule has 1 aliphatic carbocycles. The zero-order valence-corrected chi connectivity index (χ0v) is 17.9. The fourth-order valence-corrected chi connectivity index (χ4v) is 5.06. The van der Waals surface area contributed by atoms with E-state index in [1.165, 1.54) is 5.56 Å². The summed E-state index contributed by atoms with van der Waals surface area (Å²) in [6.07, 6.45) is 3.32. The summed E-state index contributed by atoms with van der Waals surface area (Å²) in [6.45, 7) is 7.55. The second kappa shape index (κ2) is 7.02. The van der Waals surface area contributed by atoms with Crippen LogP contribution in [0.1, 0.15) is 51.5 Å². The molecule has 1 saturated heterocycles. The van der Waals surface area contributed by atoms with Crippen molar-refractivity contribution in [3.05, 3.63) is 28.2 Å². The fraction of sp³-hybridized carbons (Fsp3) is 0.650. The first-order valence-electron chi connectivity index (χ1n) is 9.39. The smallest absolute Gasteiger partial charge is 0.144 e. The van der Waals surface area contributed by atoms with Gasteiger partial charge in [0.15, 0.2) is 0 Å². The van der Waals surface area contributed by atoms with E-state index in [2.05, 4.69) is 32.5 Å². The predicted molar refractivity (Wildman–Crippen MR) is 108 cm³/mol. The Hall–Kier alpha value is -0.720. The van der Waals surface area contributed by atoms with Crippen LogP contribution in [-0.4, -0.2) is 34.0 Å². The van der Waals surface area contributed by atoms with Gasteiger partial charge in [-0.2, -0.15) is 4.40 Å². The predicted octanol–water partition coefficient (Wildman–Crippen LogP) is 4.64. The Balaban J connectivity index is 1.67. The quantitative estimate of drug-likeness (QED) is 0.673. The van der Waals surface area contributed by atoms with Crippen LogP contribution in [0.5, 0.6) is 5.75 Å². The molecule has 2 heterocycles. The molecule has 0 aromatic heterocycles. The molecule has 6 heteroatoms. The Morgan fingerprint density at radius 2 is 2.12 bits per heavy atom. The Labute approximate surface area is 166 Å². The lowest BCUT2D eigenvalue weighted by Crippen LogP contribution is -2.34. The maximum atomic E-state index is 12.6. The van der Waals surface area contributed by atoms with Gasteiger partial charge in [0.2, 0.25) is 0 Å². The van der Waals surface area contributed by atoms with E-state index in [0.29, 0.717) is 11.8 Å². The highest BCUT2D eigenvalue weighted by atomic mass is 79.9. The maximum Gasteiger partial charge on any atom is 0.144 e. The van der Waals surface area contributed by atoms with Crippen LogP contribution in [0.4, 0.5) is 0 Å². The van der Waals surface area contributed by atoms with Crippen molar-refractivity contribution in [2.75, 3.05) is 13.2 Å². The molecule has 4 nitrogen and oxygen atoms in total. The zero-order chi connectivity index (χ0) is 18.5. The minimum Gasteiger partial charge on any atom is -0.490 e. The highest BCUT2D eigenvalue weighted by Crippen LogP contribution is 2.54. The van der Waals surface area contributed by atoms with Crippen molar-refractivity contribution >= 4 is 32.6 Å². The Kier molecular flexibility index (Phi) is 5.03. The summed E-state index contributed by atoms with van der Waals surface area (Å²) in [5.41, 5.74) is 2.26. The van der Waals surface area contributed by atoms with Crippen LogP contribution in [0.25, 0.3) is 0 Å². The first-order valence-corrected chi connectivity index (χ1v) is 11.3. The van der Waals surface area contributed by atoms with Crippen LogP contribution in [0.15, 0.2) is 27.1 Å². The number of hydrogen-bond donors (Lipinski definition) is 0. The van der Waals surface area contributed by atoms with E-state index < -0.39 is 11.0 Å². The normalized spacial score (nSPS) is 33.6. The van der Waals surface area contributed by atoms with Crippen molar-refractivity contribution in [1.82, 2.24) is 0 Å². The number of fused-ring (bicyclic) bond motifs is 3. The lowest BCUT2D eigenvalue weighted by Gasteiger charge is -2.30. The lowest BCUT2D eigenvalue weighted by atomic mass is 9.92. The molecule has 0 N–H and O–H groups in total. The molecule has 1 aromatic carbocycles. The van der Waals surface area contributed by atoms with Gasteiger partial charge in [-0.1, -0.05) is 15.9 Å². The molecule has 5 unspecified atom stereocenters. The van der Waals surface area contributed by atoms with Crippen LogP contribution >= 0.6 is 15.9 Å². The molecular formula is C20H26BrNO3S. The van der Waals surface area contributed by atoms with Crippen molar-refractivity contribution < 1.29 is 13.7 Å². The molecule has 1 saturated carbocycles. The van der Waals surface area contributed by atoms with Gasteiger partial charge in [0, 0.05) is 40.1 Å². The summed E-state index contributed by atoms with van der Waals surface area (Å²) in [4.78, 5) is 0. The Bertz CT molecular complexity index is 752. The number of hydrogen-bond acceptors (Lipinski definition) is 3. The van der Waals surface area contributed by atoms with E-state index in [4.69, 9.17) is 9.47 Å². The number of ether oxygens (including phenoxy) is 2. The third kappa shape index (κ3) is 3.65. The number of nitrogens with zero attached hydrogens (tertiary/aromatic N) is 1. The van der Waals surface area contributed by atoms with Gasteiger partial charge in [-0.15, -0.1) is 0 Å². The summed E-state index contributed by atoms with van der Waals surface area (Å²) < 4.78 is 30.1. The fourth-order valence-electron chi connectivity index (χ4n) is 3.97. The van der Waals surface area contributed by atoms with Crippen LogP contribution in [-0.2, 0) is 15.7 Å². The summed E-state index contributed by atoms with van der Waals surface area (Å²) in [5, 5.41) is 0. The zero-order valence-electron chi connectivity index (χ0n) is 15.5. The van der Waals surface area contributed by atoms with Crippen LogP contribution in [0.2, 0.25) is 0 Å². The van der Waals surface area contributed by atoms with Crippen LogP contribution in [0.3, 0.4) is 0 Å². The number of rotatable bonds is 2. The molecular weight excluding hydrogens is 414 g/mol. The minimum absolute atomic E-state index is 0.140. The standard InChI is InChI=1S/C20H26BrNO3S/c1-20(2,3)26(23)22-19-15-10-17(12-5-4-8-24-11-12)25-16-7-6-13(21)9-14(16)18(15)19/h6-7,9,12,15,17-18H,4-5,8,10-11H2,1-3H3. The van der Waals surface area contributed by atoms with Gasteiger partial charge in [-0.3, -0.25) is 0 Å². The number of benzene rings is 1. The SMILES string of the molecule is CC(C)(C)S(=O)N=C1C2CC(C3CCCOC3)Oc3ccc(Br)cc3C12.